The van der Waals surface area contributed by atoms with Gasteiger partial charge in [0.05, 0.1) is 29.7 Å². The van der Waals surface area contributed by atoms with Crippen molar-refractivity contribution in [2.45, 2.75) is 19.4 Å². The number of carbonyl (C=O) groups is 2. The third kappa shape index (κ3) is 3.16. The number of carbonyl (C=O) groups excluding carboxylic acids is 1. The van der Waals surface area contributed by atoms with E-state index < -0.39 is 34.2 Å². The zero-order valence-electron chi connectivity index (χ0n) is 10.8. The number of nitrogens with zero attached hydrogens (tertiary/aromatic N) is 2. The molecule has 0 spiro atoms. The number of carboxylic acid groups (broad SMARTS) is 1. The van der Waals surface area contributed by atoms with Crippen molar-refractivity contribution in [2.75, 3.05) is 18.1 Å². The molecule has 110 valence electrons. The molecule has 1 aromatic heterocycles. The van der Waals surface area contributed by atoms with E-state index in [1.807, 2.05) is 0 Å². The average Bonchev–Trinajstić information content (AvgIpc) is 2.73. The smallest absolute Gasteiger partial charge is 0.305 e. The molecule has 1 aliphatic heterocycles. The monoisotopic (exact) mass is 302 g/mol. The maximum absolute atomic E-state index is 12.2. The number of aryl methyl sites for hydroxylation is 1. The van der Waals surface area contributed by atoms with Crippen molar-refractivity contribution in [1.82, 2.24) is 10.1 Å². The van der Waals surface area contributed by atoms with Crippen LogP contribution >= 0.6 is 0 Å². The molecule has 1 aliphatic rings. The molecule has 2 heterocycles. The van der Waals surface area contributed by atoms with Crippen LogP contribution in [-0.2, 0) is 14.6 Å². The van der Waals surface area contributed by atoms with Gasteiger partial charge >= 0.3 is 5.97 Å². The van der Waals surface area contributed by atoms with E-state index >= 15 is 0 Å². The topological polar surface area (TPSA) is 118 Å². The first-order valence-electron chi connectivity index (χ1n) is 5.95. The second-order valence-corrected chi connectivity index (χ2v) is 6.93. The Hall–Kier alpha value is -1.90. The largest absolute Gasteiger partial charge is 0.481 e. The van der Waals surface area contributed by atoms with Gasteiger partial charge in [-0.15, -0.1) is 0 Å². The number of sulfone groups is 1. The van der Waals surface area contributed by atoms with Gasteiger partial charge in [0.15, 0.2) is 9.84 Å². The number of hydrogen-bond acceptors (Lipinski definition) is 6. The summed E-state index contributed by atoms with van der Waals surface area (Å²) in [6.07, 6.45) is -0.419. The summed E-state index contributed by atoms with van der Waals surface area (Å²) in [7, 11) is -3.32. The predicted octanol–water partition coefficient (Wildman–Crippen LogP) is -0.303. The first kappa shape index (κ1) is 14.5. The highest BCUT2D eigenvalue weighted by Crippen LogP contribution is 2.18. The van der Waals surface area contributed by atoms with Crippen LogP contribution < -0.4 is 0 Å². The maximum atomic E-state index is 12.2. The third-order valence-corrected chi connectivity index (χ3v) is 4.74. The highest BCUT2D eigenvalue weighted by molar-refractivity contribution is 7.91. The quantitative estimate of drug-likeness (QED) is 0.814. The molecule has 20 heavy (non-hydrogen) atoms. The third-order valence-electron chi connectivity index (χ3n) is 3.04. The average molecular weight is 302 g/mol. The molecule has 0 aliphatic carbocycles. The van der Waals surface area contributed by atoms with Gasteiger partial charge in [-0.2, -0.15) is 0 Å². The van der Waals surface area contributed by atoms with Crippen LogP contribution in [0.3, 0.4) is 0 Å². The van der Waals surface area contributed by atoms with Crippen LogP contribution in [0.5, 0.6) is 0 Å². The summed E-state index contributed by atoms with van der Waals surface area (Å²) in [5.41, 5.74) is 0.521. The molecule has 1 saturated heterocycles. The van der Waals surface area contributed by atoms with Crippen LogP contribution in [0.4, 0.5) is 0 Å². The Bertz CT molecular complexity index is 635. The van der Waals surface area contributed by atoms with E-state index in [0.717, 1.165) is 0 Å². The molecule has 8 nitrogen and oxygen atoms in total. The van der Waals surface area contributed by atoms with Gasteiger partial charge in [0, 0.05) is 12.6 Å². The molecule has 0 aromatic carbocycles. The highest BCUT2D eigenvalue weighted by atomic mass is 32.2. The SMILES string of the molecule is Cc1cc(C(=O)N2CCS(=O)(=O)CC2CC(=O)O)on1. The van der Waals surface area contributed by atoms with Gasteiger partial charge < -0.3 is 14.5 Å². The second kappa shape index (κ2) is 5.23. The lowest BCUT2D eigenvalue weighted by molar-refractivity contribution is -0.138. The number of aliphatic carboxylic acids is 1. The number of rotatable bonds is 3. The second-order valence-electron chi connectivity index (χ2n) is 4.70. The highest BCUT2D eigenvalue weighted by Gasteiger charge is 2.36. The van der Waals surface area contributed by atoms with Crippen molar-refractivity contribution in [3.8, 4) is 0 Å². The fraction of sp³-hybridized carbons (Fsp3) is 0.545. The minimum absolute atomic E-state index is 0.0165. The van der Waals surface area contributed by atoms with Crippen molar-refractivity contribution in [3.05, 3.63) is 17.5 Å². The molecule has 2 rings (SSSR count). The molecule has 0 radical (unpaired) electrons. The molecule has 0 bridgehead atoms. The molecule has 1 unspecified atom stereocenters. The van der Waals surface area contributed by atoms with Crippen LogP contribution in [0.1, 0.15) is 22.7 Å². The number of aromatic nitrogens is 1. The number of carboxylic acids is 1. The Morgan fingerprint density at radius 1 is 1.55 bits per heavy atom. The van der Waals surface area contributed by atoms with Crippen molar-refractivity contribution < 1.29 is 27.6 Å². The molecule has 0 saturated carbocycles. The van der Waals surface area contributed by atoms with Crippen LogP contribution in [0.25, 0.3) is 0 Å². The summed E-state index contributed by atoms with van der Waals surface area (Å²) in [4.78, 5) is 24.3. The first-order chi connectivity index (χ1) is 9.28. The van der Waals surface area contributed by atoms with Gasteiger partial charge in [-0.3, -0.25) is 9.59 Å². The normalized spacial score (nSPS) is 21.6. The Morgan fingerprint density at radius 2 is 2.25 bits per heavy atom. The molecule has 9 heteroatoms. The lowest BCUT2D eigenvalue weighted by Crippen LogP contribution is -2.51. The summed E-state index contributed by atoms with van der Waals surface area (Å²) in [5, 5.41) is 12.4. The Labute approximate surface area is 115 Å². The van der Waals surface area contributed by atoms with E-state index in [0.29, 0.717) is 5.69 Å². The van der Waals surface area contributed by atoms with Crippen LogP contribution in [0, 0.1) is 6.92 Å². The molecular weight excluding hydrogens is 288 g/mol. The summed E-state index contributed by atoms with van der Waals surface area (Å²) in [6, 6.07) is 0.549. The molecule has 1 aromatic rings. The van der Waals surface area contributed by atoms with E-state index in [1.165, 1.54) is 11.0 Å². The van der Waals surface area contributed by atoms with E-state index in [4.69, 9.17) is 9.63 Å². The van der Waals surface area contributed by atoms with E-state index in [2.05, 4.69) is 5.16 Å². The van der Waals surface area contributed by atoms with Gasteiger partial charge in [-0.05, 0) is 6.92 Å². The van der Waals surface area contributed by atoms with Gasteiger partial charge in [-0.25, -0.2) is 8.42 Å². The zero-order valence-corrected chi connectivity index (χ0v) is 11.6. The molecule has 1 amide bonds. The fourth-order valence-electron chi connectivity index (χ4n) is 2.13. The standard InChI is InChI=1S/C11H14N2O6S/c1-7-4-9(19-12-7)11(16)13-2-3-20(17,18)6-8(13)5-10(14)15/h4,8H,2-3,5-6H2,1H3,(H,14,15). The maximum Gasteiger partial charge on any atom is 0.305 e. The van der Waals surface area contributed by atoms with E-state index in [-0.39, 0.29) is 23.8 Å². The number of amides is 1. The van der Waals surface area contributed by atoms with Gasteiger partial charge in [-0.1, -0.05) is 5.16 Å². The minimum atomic E-state index is -3.32. The Morgan fingerprint density at radius 3 is 2.80 bits per heavy atom. The van der Waals surface area contributed by atoms with Crippen molar-refractivity contribution >= 4 is 21.7 Å². The van der Waals surface area contributed by atoms with E-state index in [1.54, 1.807) is 6.92 Å². The fourth-order valence-corrected chi connectivity index (χ4v) is 3.66. The van der Waals surface area contributed by atoms with Crippen molar-refractivity contribution in [1.29, 1.82) is 0 Å². The van der Waals surface area contributed by atoms with Crippen LogP contribution in [-0.4, -0.2) is 59.5 Å². The zero-order chi connectivity index (χ0) is 14.9. The van der Waals surface area contributed by atoms with Gasteiger partial charge in [0.25, 0.3) is 5.91 Å². The van der Waals surface area contributed by atoms with E-state index in [9.17, 15) is 18.0 Å². The molecule has 1 atom stereocenters. The number of hydrogen-bond donors (Lipinski definition) is 1. The molecule has 1 N–H and O–H groups in total. The van der Waals surface area contributed by atoms with Gasteiger partial charge in [0.1, 0.15) is 0 Å². The summed E-state index contributed by atoms with van der Waals surface area (Å²) >= 11 is 0. The summed E-state index contributed by atoms with van der Waals surface area (Å²) in [6.45, 7) is 1.61. The minimum Gasteiger partial charge on any atom is -0.481 e. The van der Waals surface area contributed by atoms with Crippen molar-refractivity contribution in [2.24, 2.45) is 0 Å². The van der Waals surface area contributed by atoms with Gasteiger partial charge in [0.2, 0.25) is 5.76 Å². The molecule has 1 fully saturated rings. The first-order valence-corrected chi connectivity index (χ1v) is 7.77. The Kier molecular flexibility index (Phi) is 3.80. The predicted molar refractivity (Wildman–Crippen MR) is 67.0 cm³/mol. The lowest BCUT2D eigenvalue weighted by atomic mass is 10.2. The van der Waals surface area contributed by atoms with Crippen LogP contribution in [0.2, 0.25) is 0 Å². The Balaban J connectivity index is 2.23. The summed E-state index contributed by atoms with van der Waals surface area (Å²) < 4.78 is 28.0. The lowest BCUT2D eigenvalue weighted by Gasteiger charge is -2.33. The molecular formula is C11H14N2O6S. The van der Waals surface area contributed by atoms with Crippen LogP contribution in [0.15, 0.2) is 10.6 Å². The van der Waals surface area contributed by atoms with Crippen molar-refractivity contribution in [3.63, 3.8) is 0 Å². The summed E-state index contributed by atoms with van der Waals surface area (Å²) in [5.74, 6) is -2.23.